The van der Waals surface area contributed by atoms with Gasteiger partial charge < -0.3 is 44.2 Å². The van der Waals surface area contributed by atoms with E-state index in [1.54, 1.807) is 48.5 Å². The number of nitrogens with one attached hydrogen (secondary N) is 3. The van der Waals surface area contributed by atoms with Gasteiger partial charge in [-0.15, -0.1) is 0 Å². The zero-order valence-electron chi connectivity index (χ0n) is 31.7. The summed E-state index contributed by atoms with van der Waals surface area (Å²) in [7, 11) is 0. The van der Waals surface area contributed by atoms with Crippen molar-refractivity contribution in [1.82, 2.24) is 26.1 Å². The van der Waals surface area contributed by atoms with E-state index in [9.17, 15) is 19.2 Å². The van der Waals surface area contributed by atoms with Crippen molar-refractivity contribution in [3.8, 4) is 0 Å². The third-order valence-corrected chi connectivity index (χ3v) is 7.33. The van der Waals surface area contributed by atoms with E-state index in [2.05, 4.69) is 26.1 Å². The van der Waals surface area contributed by atoms with Gasteiger partial charge in [-0.05, 0) is 81.1 Å². The second kappa shape index (κ2) is 16.5. The fraction of sp³-hybridized carbons (Fsp3) is 0.824. The van der Waals surface area contributed by atoms with E-state index < -0.39 is 69.8 Å². The zero-order chi connectivity index (χ0) is 37.4. The van der Waals surface area contributed by atoms with Gasteiger partial charge in [-0.1, -0.05) is 25.9 Å². The molecule has 1 fully saturated rings. The molecule has 0 aliphatic carbocycles. The summed E-state index contributed by atoms with van der Waals surface area (Å²) in [6.07, 6.45) is 0.0314. The van der Waals surface area contributed by atoms with Crippen LogP contribution < -0.4 is 16.0 Å². The highest BCUT2D eigenvalue weighted by Crippen LogP contribution is 2.36. The van der Waals surface area contributed by atoms with Crippen molar-refractivity contribution >= 4 is 24.1 Å². The van der Waals surface area contributed by atoms with Gasteiger partial charge in [0.15, 0.2) is 11.9 Å². The van der Waals surface area contributed by atoms with Gasteiger partial charge in [0.1, 0.15) is 22.8 Å². The first-order chi connectivity index (χ1) is 22.3. The summed E-state index contributed by atoms with van der Waals surface area (Å²) in [5.74, 6) is -1.70. The van der Waals surface area contributed by atoms with Crippen molar-refractivity contribution in [2.75, 3.05) is 26.4 Å². The second-order valence-electron chi connectivity index (χ2n) is 16.4. The molecule has 0 aromatic carbocycles. The second-order valence-corrected chi connectivity index (χ2v) is 16.4. The fourth-order valence-electron chi connectivity index (χ4n) is 4.93. The standard InChI is InChI=1S/C34H59N5O10/c1-14-45-25(40)21(30(2,3)4)19-22(35-28(42)36-23(20-46-31(5,6)7)26(41)47-32(8,9)10)24-37-27(39-49-24)34(15-17-44-18-16-34)38-29(43)48-33(11,12)13/h21-23H,14-20H2,1-13H3,(H,38,43)(H2,35,36,42)/t21-,22?,23+/m1/s1. The Morgan fingerprint density at radius 3 is 1.94 bits per heavy atom. The maximum atomic E-state index is 13.6. The molecule has 1 saturated heterocycles. The van der Waals surface area contributed by atoms with Crippen LogP contribution in [0.5, 0.6) is 0 Å². The maximum Gasteiger partial charge on any atom is 0.408 e. The average Bonchev–Trinajstić information content (AvgIpc) is 3.42. The first kappa shape index (κ1) is 41.7. The van der Waals surface area contributed by atoms with Crippen LogP contribution in [0.3, 0.4) is 0 Å². The third-order valence-electron chi connectivity index (χ3n) is 7.33. The molecule has 15 heteroatoms. The summed E-state index contributed by atoms with van der Waals surface area (Å²) in [5, 5.41) is 12.6. The zero-order valence-corrected chi connectivity index (χ0v) is 31.7. The highest BCUT2D eigenvalue weighted by molar-refractivity contribution is 5.84. The van der Waals surface area contributed by atoms with Gasteiger partial charge in [-0.3, -0.25) is 4.79 Å². The molecular formula is C34H59N5O10. The number of carbonyl (C=O) groups excluding carboxylic acids is 4. The number of esters is 2. The van der Waals surface area contributed by atoms with E-state index in [4.69, 9.17) is 28.2 Å². The molecular weight excluding hydrogens is 638 g/mol. The number of urea groups is 1. The SMILES string of the molecule is CCOC(=O)[C@@H](CC(NC(=O)N[C@@H](COC(C)(C)C)C(=O)OC(C)(C)C)c1nc(C2(NC(=O)OC(C)(C)C)CCOCC2)no1)C(C)(C)C. The number of ether oxygens (including phenoxy) is 5. The van der Waals surface area contributed by atoms with Crippen LogP contribution in [0.25, 0.3) is 0 Å². The van der Waals surface area contributed by atoms with Crippen LogP contribution >= 0.6 is 0 Å². The van der Waals surface area contributed by atoms with E-state index in [0.717, 1.165) is 0 Å². The first-order valence-electron chi connectivity index (χ1n) is 16.9. The molecule has 1 aromatic heterocycles. The lowest BCUT2D eigenvalue weighted by molar-refractivity contribution is -0.160. The Morgan fingerprint density at radius 1 is 0.837 bits per heavy atom. The average molecular weight is 698 g/mol. The van der Waals surface area contributed by atoms with Gasteiger partial charge in [0.2, 0.25) is 5.89 Å². The molecule has 1 aliphatic heterocycles. The molecule has 0 spiro atoms. The quantitative estimate of drug-likeness (QED) is 0.194. The van der Waals surface area contributed by atoms with E-state index in [1.807, 2.05) is 41.5 Å². The van der Waals surface area contributed by atoms with E-state index in [1.165, 1.54) is 0 Å². The van der Waals surface area contributed by atoms with Crippen LogP contribution in [0.1, 0.15) is 127 Å². The number of alkyl carbamates (subject to hydrolysis) is 1. The summed E-state index contributed by atoms with van der Waals surface area (Å²) in [6.45, 7) is 23.9. The Hall–Kier alpha value is -3.46. The molecule has 15 nitrogen and oxygen atoms in total. The number of amides is 3. The summed E-state index contributed by atoms with van der Waals surface area (Å²) in [5.41, 5.74) is -3.83. The Morgan fingerprint density at radius 2 is 1.43 bits per heavy atom. The number of nitrogens with zero attached hydrogens (tertiary/aromatic N) is 2. The van der Waals surface area contributed by atoms with Gasteiger partial charge in [0.25, 0.3) is 0 Å². The summed E-state index contributed by atoms with van der Waals surface area (Å²) >= 11 is 0. The molecule has 1 aromatic rings. The molecule has 280 valence electrons. The summed E-state index contributed by atoms with van der Waals surface area (Å²) in [4.78, 5) is 57.5. The Bertz CT molecular complexity index is 1260. The lowest BCUT2D eigenvalue weighted by atomic mass is 9.77. The van der Waals surface area contributed by atoms with Crippen LogP contribution in [-0.4, -0.2) is 83.5 Å². The lowest BCUT2D eigenvalue weighted by Crippen LogP contribution is -2.52. The highest BCUT2D eigenvalue weighted by atomic mass is 16.6. The minimum atomic E-state index is -1.16. The van der Waals surface area contributed by atoms with Gasteiger partial charge in [0, 0.05) is 26.1 Å². The van der Waals surface area contributed by atoms with Crippen molar-refractivity contribution < 1.29 is 47.4 Å². The molecule has 0 saturated carbocycles. The summed E-state index contributed by atoms with van der Waals surface area (Å²) in [6, 6.07) is -2.94. The predicted molar refractivity (Wildman–Crippen MR) is 179 cm³/mol. The number of carbonyl (C=O) groups is 4. The van der Waals surface area contributed by atoms with Crippen molar-refractivity contribution in [3.63, 3.8) is 0 Å². The monoisotopic (exact) mass is 697 g/mol. The maximum absolute atomic E-state index is 13.6. The first-order valence-corrected chi connectivity index (χ1v) is 16.9. The Labute approximate surface area is 290 Å². The van der Waals surface area contributed by atoms with Gasteiger partial charge in [-0.2, -0.15) is 4.98 Å². The van der Waals surface area contributed by atoms with Crippen LogP contribution in [0.2, 0.25) is 0 Å². The van der Waals surface area contributed by atoms with Crippen molar-refractivity contribution in [2.45, 2.75) is 144 Å². The van der Waals surface area contributed by atoms with Crippen LogP contribution in [0.4, 0.5) is 9.59 Å². The van der Waals surface area contributed by atoms with Crippen LogP contribution in [0.15, 0.2) is 4.52 Å². The smallest absolute Gasteiger partial charge is 0.408 e. The van der Waals surface area contributed by atoms with Crippen LogP contribution in [-0.2, 0) is 38.8 Å². The minimum Gasteiger partial charge on any atom is -0.466 e. The number of aromatic nitrogens is 2. The van der Waals surface area contributed by atoms with Crippen molar-refractivity contribution in [1.29, 1.82) is 0 Å². The van der Waals surface area contributed by atoms with Crippen molar-refractivity contribution in [2.24, 2.45) is 11.3 Å². The number of hydrogen-bond donors (Lipinski definition) is 3. The van der Waals surface area contributed by atoms with Crippen molar-refractivity contribution in [3.05, 3.63) is 11.7 Å². The van der Waals surface area contributed by atoms with Gasteiger partial charge in [-0.25, -0.2) is 14.4 Å². The fourth-order valence-corrected chi connectivity index (χ4v) is 4.93. The highest BCUT2D eigenvalue weighted by Gasteiger charge is 2.43. The molecule has 49 heavy (non-hydrogen) atoms. The minimum absolute atomic E-state index is 0.0136. The predicted octanol–water partition coefficient (Wildman–Crippen LogP) is 5.08. The number of rotatable bonds is 12. The molecule has 2 heterocycles. The largest absolute Gasteiger partial charge is 0.466 e. The molecule has 2 rings (SSSR count). The normalized spacial score (nSPS) is 17.2. The Balaban J connectivity index is 2.51. The van der Waals surface area contributed by atoms with Gasteiger partial charge >= 0.3 is 24.1 Å². The summed E-state index contributed by atoms with van der Waals surface area (Å²) < 4.78 is 33.6. The van der Waals surface area contributed by atoms with E-state index >= 15 is 0 Å². The van der Waals surface area contributed by atoms with E-state index in [-0.39, 0.29) is 31.3 Å². The lowest BCUT2D eigenvalue weighted by Gasteiger charge is -2.35. The molecule has 0 radical (unpaired) electrons. The van der Waals surface area contributed by atoms with Gasteiger partial charge in [0.05, 0.1) is 24.7 Å². The third kappa shape index (κ3) is 14.1. The van der Waals surface area contributed by atoms with E-state index in [0.29, 0.717) is 26.1 Å². The number of hydrogen-bond acceptors (Lipinski definition) is 12. The molecule has 3 N–H and O–H groups in total. The van der Waals surface area contributed by atoms with Crippen LogP contribution in [0, 0.1) is 11.3 Å². The molecule has 1 aliphatic rings. The molecule has 1 unspecified atom stereocenters. The topological polar surface area (TPSA) is 189 Å². The molecule has 0 bridgehead atoms. The molecule has 3 atom stereocenters. The molecule has 3 amide bonds. The Kier molecular flexibility index (Phi) is 14.0.